The van der Waals surface area contributed by atoms with Gasteiger partial charge in [-0.25, -0.2) is 0 Å². The van der Waals surface area contributed by atoms with Crippen molar-refractivity contribution in [2.24, 2.45) is 0 Å². The van der Waals surface area contributed by atoms with Crippen LogP contribution in [0.1, 0.15) is 13.8 Å². The predicted molar refractivity (Wildman–Crippen MR) is 52.1 cm³/mol. The molecule has 6 nitrogen and oxygen atoms in total. The van der Waals surface area contributed by atoms with E-state index in [-0.39, 0.29) is 0 Å². The maximum Gasteiger partial charge on any atom is 0.139 e. The molecule has 0 saturated heterocycles. The minimum absolute atomic E-state index is 0.382. The van der Waals surface area contributed by atoms with Crippen molar-refractivity contribution in [2.75, 3.05) is 6.61 Å². The Morgan fingerprint density at radius 2 is 1.47 bits per heavy atom. The molecule has 0 rings (SSSR count). The summed E-state index contributed by atoms with van der Waals surface area (Å²) < 4.78 is 0. The zero-order valence-corrected chi connectivity index (χ0v) is 8.70. The summed E-state index contributed by atoms with van der Waals surface area (Å²) in [6.07, 6.45) is -6.75. The Balaban J connectivity index is 4.58. The van der Waals surface area contributed by atoms with Crippen LogP contribution in [0.4, 0.5) is 0 Å². The van der Waals surface area contributed by atoms with Crippen LogP contribution in [-0.4, -0.2) is 61.7 Å². The number of hydrogen-bond acceptors (Lipinski definition) is 6. The van der Waals surface area contributed by atoms with Gasteiger partial charge in [0.05, 0.1) is 6.61 Å². The van der Waals surface area contributed by atoms with Gasteiger partial charge in [-0.2, -0.15) is 0 Å². The van der Waals surface area contributed by atoms with Crippen LogP contribution in [0.3, 0.4) is 0 Å². The minimum atomic E-state index is -1.76. The van der Waals surface area contributed by atoms with Crippen LogP contribution >= 0.6 is 0 Å². The third kappa shape index (κ3) is 3.77. The predicted octanol–water partition coefficient (Wildman–Crippen LogP) is -1.73. The Bertz CT molecular complexity index is 223. The average molecular weight is 222 g/mol. The summed E-state index contributed by atoms with van der Waals surface area (Å²) in [5.41, 5.74) is 0.382. The number of aliphatic hydroxyl groups excluding tert-OH is 6. The van der Waals surface area contributed by atoms with Crippen LogP contribution in [0.15, 0.2) is 11.3 Å². The second-order valence-electron chi connectivity index (χ2n) is 3.56. The molecule has 6 N–H and O–H groups in total. The summed E-state index contributed by atoms with van der Waals surface area (Å²) in [5.74, 6) is -0.466. The molecule has 15 heavy (non-hydrogen) atoms. The van der Waals surface area contributed by atoms with E-state index in [4.69, 9.17) is 10.2 Å². The third-order valence-corrected chi connectivity index (χ3v) is 2.05. The first-order chi connectivity index (χ1) is 6.82. The molecular formula is C9H18O6. The van der Waals surface area contributed by atoms with Crippen molar-refractivity contribution in [3.8, 4) is 0 Å². The first-order valence-electron chi connectivity index (χ1n) is 4.52. The molecule has 4 atom stereocenters. The summed E-state index contributed by atoms with van der Waals surface area (Å²) in [6.45, 7) is 2.28. The van der Waals surface area contributed by atoms with Gasteiger partial charge in [0.1, 0.15) is 30.2 Å². The van der Waals surface area contributed by atoms with E-state index in [1.165, 1.54) is 13.8 Å². The van der Waals surface area contributed by atoms with Gasteiger partial charge < -0.3 is 30.6 Å². The van der Waals surface area contributed by atoms with Crippen molar-refractivity contribution in [2.45, 2.75) is 38.3 Å². The van der Waals surface area contributed by atoms with Gasteiger partial charge in [-0.3, -0.25) is 0 Å². The third-order valence-electron chi connectivity index (χ3n) is 2.05. The van der Waals surface area contributed by atoms with Crippen LogP contribution in [0.25, 0.3) is 0 Å². The zero-order valence-electron chi connectivity index (χ0n) is 8.70. The molecule has 0 fully saturated rings. The molecule has 0 bridgehead atoms. The van der Waals surface area contributed by atoms with Crippen LogP contribution in [0.2, 0.25) is 0 Å². The van der Waals surface area contributed by atoms with E-state index < -0.39 is 36.8 Å². The van der Waals surface area contributed by atoms with Crippen LogP contribution in [-0.2, 0) is 0 Å². The fraction of sp³-hybridized carbons (Fsp3) is 0.778. The van der Waals surface area contributed by atoms with E-state index in [9.17, 15) is 20.4 Å². The average Bonchev–Trinajstić information content (AvgIpc) is 2.23. The van der Waals surface area contributed by atoms with Gasteiger partial charge in [0.25, 0.3) is 0 Å². The van der Waals surface area contributed by atoms with E-state index in [2.05, 4.69) is 0 Å². The molecule has 0 saturated carbocycles. The van der Waals surface area contributed by atoms with E-state index in [0.29, 0.717) is 5.57 Å². The number of allylic oxidation sites excluding steroid dienone is 1. The first kappa shape index (κ1) is 14.3. The van der Waals surface area contributed by atoms with Gasteiger partial charge in [-0.05, 0) is 19.4 Å². The van der Waals surface area contributed by atoms with Crippen molar-refractivity contribution in [3.05, 3.63) is 11.3 Å². The molecule has 0 radical (unpaired) electrons. The highest BCUT2D eigenvalue weighted by Crippen LogP contribution is 2.13. The molecule has 0 unspecified atom stereocenters. The van der Waals surface area contributed by atoms with Gasteiger partial charge in [-0.15, -0.1) is 0 Å². The highest BCUT2D eigenvalue weighted by atomic mass is 16.4. The smallest absolute Gasteiger partial charge is 0.139 e. The number of aliphatic hydroxyl groups is 6. The Labute approximate surface area is 87.7 Å². The van der Waals surface area contributed by atoms with Crippen molar-refractivity contribution in [3.63, 3.8) is 0 Å². The summed E-state index contributed by atoms with van der Waals surface area (Å²) in [5, 5.41) is 54.7. The Morgan fingerprint density at radius 3 is 1.80 bits per heavy atom. The highest BCUT2D eigenvalue weighted by Gasteiger charge is 2.32. The quantitative estimate of drug-likeness (QED) is 0.308. The SMILES string of the molecule is CC(C)=C(O)[C@@H](O)[C@@H](O)[C@H](O)[C@H](O)CO. The zero-order chi connectivity index (χ0) is 12.2. The molecule has 6 heteroatoms. The lowest BCUT2D eigenvalue weighted by Crippen LogP contribution is -2.46. The fourth-order valence-corrected chi connectivity index (χ4v) is 0.980. The molecule has 0 aromatic rings. The lowest BCUT2D eigenvalue weighted by Gasteiger charge is -2.25. The summed E-state index contributed by atoms with van der Waals surface area (Å²) in [7, 11) is 0. The summed E-state index contributed by atoms with van der Waals surface area (Å²) >= 11 is 0. The molecule has 0 spiro atoms. The molecule has 0 aromatic heterocycles. The van der Waals surface area contributed by atoms with E-state index in [0.717, 1.165) is 0 Å². The molecule has 0 aromatic carbocycles. The van der Waals surface area contributed by atoms with Gasteiger partial charge in [-0.1, -0.05) is 0 Å². The number of hydrogen-bond donors (Lipinski definition) is 6. The lowest BCUT2D eigenvalue weighted by atomic mass is 10.0. The molecule has 0 amide bonds. The van der Waals surface area contributed by atoms with Gasteiger partial charge in [0.15, 0.2) is 0 Å². The molecule has 90 valence electrons. The maximum atomic E-state index is 9.36. The second-order valence-corrected chi connectivity index (χ2v) is 3.56. The van der Waals surface area contributed by atoms with Crippen LogP contribution < -0.4 is 0 Å². The Kier molecular flexibility index (Phi) is 5.77. The van der Waals surface area contributed by atoms with Crippen molar-refractivity contribution in [1.29, 1.82) is 0 Å². The topological polar surface area (TPSA) is 121 Å². The standard InChI is InChI=1S/C9H18O6/c1-4(2)6(12)8(14)9(15)7(13)5(11)3-10/h5,7-15H,3H2,1-2H3/t5-,7-,8-,9+/m1/s1. The monoisotopic (exact) mass is 222 g/mol. The Hall–Kier alpha value is -0.660. The first-order valence-corrected chi connectivity index (χ1v) is 4.52. The van der Waals surface area contributed by atoms with Crippen molar-refractivity contribution >= 4 is 0 Å². The van der Waals surface area contributed by atoms with Crippen LogP contribution in [0, 0.1) is 0 Å². The second kappa shape index (κ2) is 6.04. The molecular weight excluding hydrogens is 204 g/mol. The van der Waals surface area contributed by atoms with Crippen molar-refractivity contribution in [1.82, 2.24) is 0 Å². The molecule has 0 heterocycles. The molecule has 0 aliphatic heterocycles. The van der Waals surface area contributed by atoms with Gasteiger partial charge >= 0.3 is 0 Å². The Morgan fingerprint density at radius 1 is 1.00 bits per heavy atom. The highest BCUT2D eigenvalue weighted by molar-refractivity contribution is 5.09. The summed E-state index contributed by atoms with van der Waals surface area (Å²) in [6, 6.07) is 0. The fourth-order valence-electron chi connectivity index (χ4n) is 0.980. The molecule has 0 aliphatic rings. The lowest BCUT2D eigenvalue weighted by molar-refractivity contribution is -0.113. The van der Waals surface area contributed by atoms with E-state index >= 15 is 0 Å². The minimum Gasteiger partial charge on any atom is -0.510 e. The number of rotatable bonds is 5. The maximum absolute atomic E-state index is 9.36. The molecule has 0 aliphatic carbocycles. The van der Waals surface area contributed by atoms with Gasteiger partial charge in [0, 0.05) is 0 Å². The van der Waals surface area contributed by atoms with Gasteiger partial charge in [0.2, 0.25) is 0 Å². The largest absolute Gasteiger partial charge is 0.510 e. The van der Waals surface area contributed by atoms with Crippen LogP contribution in [0.5, 0.6) is 0 Å². The van der Waals surface area contributed by atoms with E-state index in [1.54, 1.807) is 0 Å². The summed E-state index contributed by atoms with van der Waals surface area (Å²) in [4.78, 5) is 0. The van der Waals surface area contributed by atoms with Crippen molar-refractivity contribution < 1.29 is 30.6 Å². The van der Waals surface area contributed by atoms with E-state index in [1.807, 2.05) is 0 Å². The normalized spacial score (nSPS) is 19.1.